The Labute approximate surface area is 193 Å². The molecular weight excluding hydrogens is 422 g/mol. The molecule has 1 aromatic carbocycles. The molecule has 1 aromatic heterocycles. The fourth-order valence-corrected chi connectivity index (χ4v) is 5.81. The average molecular weight is 454 g/mol. The highest BCUT2D eigenvalue weighted by Gasteiger charge is 2.36. The van der Waals surface area contributed by atoms with E-state index in [2.05, 4.69) is 5.32 Å². The molecule has 32 heavy (non-hydrogen) atoms. The van der Waals surface area contributed by atoms with Gasteiger partial charge in [0.15, 0.2) is 0 Å². The van der Waals surface area contributed by atoms with E-state index >= 15 is 0 Å². The quantitative estimate of drug-likeness (QED) is 0.722. The lowest BCUT2D eigenvalue weighted by molar-refractivity contribution is -0.129. The predicted molar refractivity (Wildman–Crippen MR) is 128 cm³/mol. The molecule has 4 rings (SSSR count). The lowest BCUT2D eigenvalue weighted by Crippen LogP contribution is -2.36. The Hall–Kier alpha value is -2.67. The molecule has 170 valence electrons. The Morgan fingerprint density at radius 2 is 1.78 bits per heavy atom. The van der Waals surface area contributed by atoms with E-state index in [9.17, 15) is 14.4 Å². The predicted octanol–water partition coefficient (Wildman–Crippen LogP) is 4.55. The number of carbonyl (C=O) groups excluding carboxylic acids is 3. The molecule has 1 unspecified atom stereocenters. The number of thiophene rings is 1. The summed E-state index contributed by atoms with van der Waals surface area (Å²) in [5, 5.41) is 3.63. The maximum atomic E-state index is 13.5. The van der Waals surface area contributed by atoms with E-state index in [1.165, 1.54) is 11.3 Å². The summed E-state index contributed by atoms with van der Waals surface area (Å²) in [4.78, 5) is 43.6. The number of amides is 3. The Morgan fingerprint density at radius 1 is 1.09 bits per heavy atom. The Morgan fingerprint density at radius 3 is 2.41 bits per heavy atom. The van der Waals surface area contributed by atoms with Gasteiger partial charge < -0.3 is 15.1 Å². The van der Waals surface area contributed by atoms with Crippen molar-refractivity contribution in [2.45, 2.75) is 52.5 Å². The minimum Gasteiger partial charge on any atom is -0.339 e. The zero-order chi connectivity index (χ0) is 22.8. The SMILES string of the molecule is Cc1c(-c2ccccc2)sc(NC(=O)C2CC(=O)N(C(C)C)C2)c1C(=O)N1CCCCC1. The summed E-state index contributed by atoms with van der Waals surface area (Å²) < 4.78 is 0. The highest BCUT2D eigenvalue weighted by Crippen LogP contribution is 2.41. The third-order valence-electron chi connectivity index (χ3n) is 6.43. The molecule has 1 atom stereocenters. The Kier molecular flexibility index (Phi) is 6.65. The van der Waals surface area contributed by atoms with Gasteiger partial charge in [-0.3, -0.25) is 14.4 Å². The molecule has 0 saturated carbocycles. The summed E-state index contributed by atoms with van der Waals surface area (Å²) in [6.45, 7) is 7.81. The molecule has 2 saturated heterocycles. The number of nitrogens with zero attached hydrogens (tertiary/aromatic N) is 2. The van der Waals surface area contributed by atoms with Crippen LogP contribution < -0.4 is 5.32 Å². The lowest BCUT2D eigenvalue weighted by Gasteiger charge is -2.27. The second-order valence-electron chi connectivity index (χ2n) is 9.01. The first kappa shape index (κ1) is 22.5. The van der Waals surface area contributed by atoms with Gasteiger partial charge in [-0.15, -0.1) is 11.3 Å². The first-order chi connectivity index (χ1) is 15.4. The average Bonchev–Trinajstić information content (AvgIpc) is 3.34. The first-order valence-electron chi connectivity index (χ1n) is 11.4. The zero-order valence-corrected chi connectivity index (χ0v) is 19.8. The Balaban J connectivity index is 1.65. The highest BCUT2D eigenvalue weighted by molar-refractivity contribution is 7.20. The van der Waals surface area contributed by atoms with E-state index in [1.54, 1.807) is 4.90 Å². The number of hydrogen-bond donors (Lipinski definition) is 1. The number of carbonyl (C=O) groups is 3. The van der Waals surface area contributed by atoms with Gasteiger partial charge in [-0.25, -0.2) is 0 Å². The third kappa shape index (κ3) is 4.44. The van der Waals surface area contributed by atoms with Crippen LogP contribution in [0.4, 0.5) is 5.00 Å². The van der Waals surface area contributed by atoms with Crippen LogP contribution in [0.3, 0.4) is 0 Å². The minimum absolute atomic E-state index is 0.0112. The van der Waals surface area contributed by atoms with E-state index in [-0.39, 0.29) is 30.2 Å². The second kappa shape index (κ2) is 9.45. The molecule has 2 fully saturated rings. The number of benzene rings is 1. The Bertz CT molecular complexity index is 1010. The van der Waals surface area contributed by atoms with Gasteiger partial charge in [-0.05, 0) is 51.2 Å². The van der Waals surface area contributed by atoms with Crippen molar-refractivity contribution in [3.05, 3.63) is 41.5 Å². The zero-order valence-electron chi connectivity index (χ0n) is 19.0. The smallest absolute Gasteiger partial charge is 0.257 e. The number of hydrogen-bond acceptors (Lipinski definition) is 4. The third-order valence-corrected chi connectivity index (χ3v) is 7.69. The number of piperidine rings is 1. The summed E-state index contributed by atoms with van der Waals surface area (Å²) in [6, 6.07) is 10.0. The van der Waals surface area contributed by atoms with Crippen LogP contribution >= 0.6 is 11.3 Å². The fraction of sp³-hybridized carbons (Fsp3) is 0.480. The highest BCUT2D eigenvalue weighted by atomic mass is 32.1. The summed E-state index contributed by atoms with van der Waals surface area (Å²) in [5.41, 5.74) is 2.53. The van der Waals surface area contributed by atoms with Crippen LogP contribution in [0.15, 0.2) is 30.3 Å². The van der Waals surface area contributed by atoms with Crippen molar-refractivity contribution in [2.75, 3.05) is 25.0 Å². The van der Waals surface area contributed by atoms with E-state index < -0.39 is 5.92 Å². The maximum absolute atomic E-state index is 13.5. The molecule has 0 radical (unpaired) electrons. The van der Waals surface area contributed by atoms with Crippen LogP contribution in [-0.2, 0) is 9.59 Å². The van der Waals surface area contributed by atoms with Crippen molar-refractivity contribution in [1.82, 2.24) is 9.80 Å². The first-order valence-corrected chi connectivity index (χ1v) is 12.3. The van der Waals surface area contributed by atoms with Crippen LogP contribution in [0.25, 0.3) is 10.4 Å². The van der Waals surface area contributed by atoms with Crippen molar-refractivity contribution >= 4 is 34.1 Å². The standard InChI is InChI=1S/C25H31N3O3S/c1-16(2)28-15-19(14-20(28)29)23(30)26-24-21(25(31)27-12-8-5-9-13-27)17(3)22(32-24)18-10-6-4-7-11-18/h4,6-7,10-11,16,19H,5,8-9,12-15H2,1-3H3,(H,26,30). The molecule has 3 amide bonds. The lowest BCUT2D eigenvalue weighted by atomic mass is 10.0. The molecule has 2 aliphatic heterocycles. The molecule has 0 spiro atoms. The normalized spacial score (nSPS) is 19.0. The van der Waals surface area contributed by atoms with E-state index in [4.69, 9.17) is 0 Å². The molecule has 6 nitrogen and oxygen atoms in total. The van der Waals surface area contributed by atoms with Gasteiger partial charge in [0, 0.05) is 37.0 Å². The molecule has 2 aromatic rings. The van der Waals surface area contributed by atoms with Crippen molar-refractivity contribution in [2.24, 2.45) is 5.92 Å². The van der Waals surface area contributed by atoms with Crippen molar-refractivity contribution < 1.29 is 14.4 Å². The molecule has 0 aliphatic carbocycles. The van der Waals surface area contributed by atoms with Crippen molar-refractivity contribution in [3.8, 4) is 10.4 Å². The van der Waals surface area contributed by atoms with E-state index in [0.717, 1.165) is 48.4 Å². The van der Waals surface area contributed by atoms with E-state index in [0.29, 0.717) is 17.1 Å². The number of rotatable bonds is 5. The van der Waals surface area contributed by atoms with Crippen LogP contribution in [0, 0.1) is 12.8 Å². The van der Waals surface area contributed by atoms with Gasteiger partial charge in [-0.1, -0.05) is 30.3 Å². The van der Waals surface area contributed by atoms with Gasteiger partial charge in [0.1, 0.15) is 5.00 Å². The topological polar surface area (TPSA) is 69.7 Å². The monoisotopic (exact) mass is 453 g/mol. The van der Waals surface area contributed by atoms with Crippen LogP contribution in [0.5, 0.6) is 0 Å². The summed E-state index contributed by atoms with van der Waals surface area (Å²) in [7, 11) is 0. The number of nitrogens with one attached hydrogen (secondary N) is 1. The van der Waals surface area contributed by atoms with Crippen molar-refractivity contribution in [3.63, 3.8) is 0 Å². The summed E-state index contributed by atoms with van der Waals surface area (Å²) in [5.74, 6) is -0.584. The maximum Gasteiger partial charge on any atom is 0.257 e. The molecule has 0 bridgehead atoms. The summed E-state index contributed by atoms with van der Waals surface area (Å²) >= 11 is 1.45. The molecule has 7 heteroatoms. The number of anilines is 1. The largest absolute Gasteiger partial charge is 0.339 e. The summed E-state index contributed by atoms with van der Waals surface area (Å²) in [6.07, 6.45) is 3.39. The molecule has 2 aliphatic rings. The van der Waals surface area contributed by atoms with Gasteiger partial charge in [0.2, 0.25) is 11.8 Å². The van der Waals surface area contributed by atoms with Gasteiger partial charge in [0.05, 0.1) is 11.5 Å². The van der Waals surface area contributed by atoms with Crippen LogP contribution in [-0.4, -0.2) is 53.2 Å². The minimum atomic E-state index is -0.398. The molecule has 1 N–H and O–H groups in total. The van der Waals surface area contributed by atoms with Gasteiger partial charge in [0.25, 0.3) is 5.91 Å². The number of likely N-dealkylation sites (tertiary alicyclic amines) is 2. The van der Waals surface area contributed by atoms with E-state index in [1.807, 2.05) is 56.0 Å². The van der Waals surface area contributed by atoms with Gasteiger partial charge in [-0.2, -0.15) is 0 Å². The van der Waals surface area contributed by atoms with Gasteiger partial charge >= 0.3 is 0 Å². The van der Waals surface area contributed by atoms with Crippen LogP contribution in [0.2, 0.25) is 0 Å². The fourth-order valence-electron chi connectivity index (χ4n) is 4.60. The van der Waals surface area contributed by atoms with Crippen LogP contribution in [0.1, 0.15) is 55.5 Å². The molecular formula is C25H31N3O3S. The van der Waals surface area contributed by atoms with Crippen molar-refractivity contribution in [1.29, 1.82) is 0 Å². The second-order valence-corrected chi connectivity index (χ2v) is 10.0. The molecule has 3 heterocycles.